The zero-order valence-corrected chi connectivity index (χ0v) is 15.4. The van der Waals surface area contributed by atoms with Crippen LogP contribution in [0.5, 0.6) is 5.75 Å². The first-order valence-corrected chi connectivity index (χ1v) is 8.49. The molecule has 142 valence electrons. The molecule has 0 heterocycles. The van der Waals surface area contributed by atoms with Gasteiger partial charge in [0.2, 0.25) is 5.91 Å². The fourth-order valence-corrected chi connectivity index (χ4v) is 2.25. The molecule has 0 unspecified atom stereocenters. The Morgan fingerprint density at radius 1 is 0.926 bits per heavy atom. The molecule has 0 aromatic heterocycles. The molecule has 8 heteroatoms. The van der Waals surface area contributed by atoms with Crippen molar-refractivity contribution in [3.63, 3.8) is 0 Å². The lowest BCUT2D eigenvalue weighted by Crippen LogP contribution is -2.21. The van der Waals surface area contributed by atoms with Gasteiger partial charge in [0, 0.05) is 17.1 Å². The van der Waals surface area contributed by atoms with Gasteiger partial charge in [0.25, 0.3) is 5.91 Å². The Balaban J connectivity index is 1.70. The van der Waals surface area contributed by atoms with Gasteiger partial charge in [-0.2, -0.15) is 0 Å². The predicted molar refractivity (Wildman–Crippen MR) is 102 cm³/mol. The van der Waals surface area contributed by atoms with Crippen LogP contribution in [0.1, 0.15) is 12.8 Å². The molecule has 27 heavy (non-hydrogen) atoms. The number of esters is 1. The summed E-state index contributed by atoms with van der Waals surface area (Å²) in [5.41, 5.74) is 1.05. The Kier molecular flexibility index (Phi) is 7.63. The number of anilines is 2. The van der Waals surface area contributed by atoms with Crippen molar-refractivity contribution in [1.29, 1.82) is 0 Å². The molecule has 0 atom stereocenters. The highest BCUT2D eigenvalue weighted by molar-refractivity contribution is 6.30. The maximum Gasteiger partial charge on any atom is 0.306 e. The summed E-state index contributed by atoms with van der Waals surface area (Å²) in [7, 11) is 1.50. The van der Waals surface area contributed by atoms with E-state index < -0.39 is 18.5 Å². The number of carbonyl (C=O) groups excluding carboxylic acids is 3. The number of hydrogen-bond donors (Lipinski definition) is 2. The van der Waals surface area contributed by atoms with Crippen LogP contribution in [0.4, 0.5) is 11.4 Å². The van der Waals surface area contributed by atoms with Gasteiger partial charge in [-0.1, -0.05) is 23.7 Å². The minimum Gasteiger partial charge on any atom is -0.495 e. The van der Waals surface area contributed by atoms with Crippen molar-refractivity contribution in [3.05, 3.63) is 53.6 Å². The highest BCUT2D eigenvalue weighted by Crippen LogP contribution is 2.23. The largest absolute Gasteiger partial charge is 0.495 e. The van der Waals surface area contributed by atoms with Crippen molar-refractivity contribution in [1.82, 2.24) is 0 Å². The minimum atomic E-state index is -0.642. The van der Waals surface area contributed by atoms with Gasteiger partial charge >= 0.3 is 5.97 Å². The van der Waals surface area contributed by atoms with Gasteiger partial charge in [-0.25, -0.2) is 0 Å². The van der Waals surface area contributed by atoms with Crippen molar-refractivity contribution in [2.45, 2.75) is 12.8 Å². The SMILES string of the molecule is COc1ccccc1NC(=O)CCC(=O)OCC(=O)Nc1ccc(Cl)cc1. The van der Waals surface area contributed by atoms with Gasteiger partial charge < -0.3 is 20.1 Å². The zero-order valence-electron chi connectivity index (χ0n) is 14.7. The molecular weight excluding hydrogens is 372 g/mol. The average Bonchev–Trinajstić information content (AvgIpc) is 2.67. The number of nitrogens with one attached hydrogen (secondary N) is 2. The maximum atomic E-state index is 11.9. The molecule has 0 saturated heterocycles. The van der Waals surface area contributed by atoms with Crippen LogP contribution in [0.25, 0.3) is 0 Å². The number of benzene rings is 2. The lowest BCUT2D eigenvalue weighted by molar-refractivity contribution is -0.147. The maximum absolute atomic E-state index is 11.9. The number of methoxy groups -OCH3 is 1. The molecule has 2 aromatic carbocycles. The van der Waals surface area contributed by atoms with Crippen LogP contribution >= 0.6 is 11.6 Å². The topological polar surface area (TPSA) is 93.7 Å². The first-order chi connectivity index (χ1) is 13.0. The first kappa shape index (κ1) is 20.3. The van der Waals surface area contributed by atoms with Crippen LogP contribution < -0.4 is 15.4 Å². The van der Waals surface area contributed by atoms with Gasteiger partial charge in [-0.05, 0) is 36.4 Å². The van der Waals surface area contributed by atoms with Crippen LogP contribution in [0.3, 0.4) is 0 Å². The Morgan fingerprint density at radius 2 is 1.63 bits per heavy atom. The normalized spacial score (nSPS) is 10.0. The summed E-state index contributed by atoms with van der Waals surface area (Å²) in [6, 6.07) is 13.5. The van der Waals surface area contributed by atoms with E-state index in [2.05, 4.69) is 10.6 Å². The van der Waals surface area contributed by atoms with Crippen molar-refractivity contribution >= 4 is 40.8 Å². The Bertz CT molecular complexity index is 808. The Morgan fingerprint density at radius 3 is 2.33 bits per heavy atom. The minimum absolute atomic E-state index is 0.0737. The monoisotopic (exact) mass is 390 g/mol. The molecule has 0 bridgehead atoms. The summed E-state index contributed by atoms with van der Waals surface area (Å²) >= 11 is 5.76. The third kappa shape index (κ3) is 6.99. The van der Waals surface area contributed by atoms with E-state index >= 15 is 0 Å². The number of ether oxygens (including phenoxy) is 2. The van der Waals surface area contributed by atoms with Gasteiger partial charge in [-0.15, -0.1) is 0 Å². The predicted octanol–water partition coefficient (Wildman–Crippen LogP) is 3.25. The van der Waals surface area contributed by atoms with E-state index in [1.54, 1.807) is 48.5 Å². The lowest BCUT2D eigenvalue weighted by Gasteiger charge is -2.10. The van der Waals surface area contributed by atoms with Crippen LogP contribution in [-0.4, -0.2) is 31.5 Å². The van der Waals surface area contributed by atoms with E-state index in [0.717, 1.165) is 0 Å². The number of rotatable bonds is 8. The van der Waals surface area contributed by atoms with Crippen molar-refractivity contribution < 1.29 is 23.9 Å². The molecule has 2 aromatic rings. The van der Waals surface area contributed by atoms with Crippen molar-refractivity contribution in [2.75, 3.05) is 24.4 Å². The van der Waals surface area contributed by atoms with Crippen LogP contribution in [0, 0.1) is 0 Å². The molecular formula is C19H19ClN2O5. The van der Waals surface area contributed by atoms with E-state index in [1.165, 1.54) is 7.11 Å². The summed E-state index contributed by atoms with van der Waals surface area (Å²) in [6.45, 7) is -0.435. The summed E-state index contributed by atoms with van der Waals surface area (Å²) in [5, 5.41) is 5.77. The molecule has 0 aliphatic carbocycles. The third-order valence-electron chi connectivity index (χ3n) is 3.43. The fraction of sp³-hybridized carbons (Fsp3) is 0.211. The van der Waals surface area contributed by atoms with Crippen molar-refractivity contribution in [3.8, 4) is 5.75 Å². The van der Waals surface area contributed by atoms with Gasteiger partial charge in [0.1, 0.15) is 5.75 Å². The molecule has 7 nitrogen and oxygen atoms in total. The molecule has 2 amide bonds. The average molecular weight is 391 g/mol. The second-order valence-corrected chi connectivity index (χ2v) is 5.90. The molecule has 0 fully saturated rings. The lowest BCUT2D eigenvalue weighted by atomic mass is 10.2. The van der Waals surface area contributed by atoms with E-state index in [4.69, 9.17) is 21.1 Å². The first-order valence-electron chi connectivity index (χ1n) is 8.12. The molecule has 0 saturated carbocycles. The van der Waals surface area contributed by atoms with Gasteiger partial charge in [0.15, 0.2) is 6.61 Å². The highest BCUT2D eigenvalue weighted by Gasteiger charge is 2.12. The van der Waals surface area contributed by atoms with E-state index in [-0.39, 0.29) is 18.7 Å². The highest BCUT2D eigenvalue weighted by atomic mass is 35.5. The summed E-state index contributed by atoms with van der Waals surface area (Å²) in [5.74, 6) is -0.963. The number of hydrogen-bond acceptors (Lipinski definition) is 5. The molecule has 0 spiro atoms. The second-order valence-electron chi connectivity index (χ2n) is 5.46. The molecule has 0 aliphatic heterocycles. The van der Waals surface area contributed by atoms with Crippen LogP contribution in [0.15, 0.2) is 48.5 Å². The smallest absolute Gasteiger partial charge is 0.306 e. The summed E-state index contributed by atoms with van der Waals surface area (Å²) in [4.78, 5) is 35.4. The fourth-order valence-electron chi connectivity index (χ4n) is 2.12. The number of para-hydroxylation sites is 2. The van der Waals surface area contributed by atoms with Gasteiger partial charge in [-0.3, -0.25) is 14.4 Å². The van der Waals surface area contributed by atoms with E-state index in [0.29, 0.717) is 22.1 Å². The third-order valence-corrected chi connectivity index (χ3v) is 3.68. The van der Waals surface area contributed by atoms with Crippen molar-refractivity contribution in [2.24, 2.45) is 0 Å². The summed E-state index contributed by atoms with van der Waals surface area (Å²) in [6.07, 6.45) is -0.217. The van der Waals surface area contributed by atoms with Crippen LogP contribution in [0.2, 0.25) is 5.02 Å². The molecule has 0 aliphatic rings. The molecule has 0 radical (unpaired) electrons. The molecule has 2 N–H and O–H groups in total. The van der Waals surface area contributed by atoms with E-state index in [9.17, 15) is 14.4 Å². The Labute approximate surface area is 161 Å². The number of carbonyl (C=O) groups is 3. The molecule has 2 rings (SSSR count). The number of amides is 2. The summed E-state index contributed by atoms with van der Waals surface area (Å²) < 4.78 is 10.00. The Hall–Kier alpha value is -3.06. The number of halogens is 1. The van der Waals surface area contributed by atoms with E-state index in [1.807, 2.05) is 0 Å². The quantitative estimate of drug-likeness (QED) is 0.675. The van der Waals surface area contributed by atoms with Crippen LogP contribution in [-0.2, 0) is 19.1 Å². The zero-order chi connectivity index (χ0) is 19.6. The van der Waals surface area contributed by atoms with Gasteiger partial charge in [0.05, 0.1) is 19.2 Å². The second kappa shape index (κ2) is 10.2. The standard InChI is InChI=1S/C19H19ClN2O5/c1-26-16-5-3-2-4-15(16)22-17(23)10-11-19(25)27-12-18(24)21-14-8-6-13(20)7-9-14/h2-9H,10-12H2,1H3,(H,21,24)(H,22,23).